The predicted molar refractivity (Wildman–Crippen MR) is 80.1 cm³/mol. The fourth-order valence-electron chi connectivity index (χ4n) is 2.38. The van der Waals surface area contributed by atoms with Gasteiger partial charge in [-0.1, -0.05) is 12.1 Å². The number of furan rings is 1. The van der Waals surface area contributed by atoms with Crippen molar-refractivity contribution in [2.75, 3.05) is 7.05 Å². The molecule has 2 atom stereocenters. The highest BCUT2D eigenvalue weighted by Gasteiger charge is 2.20. The number of hydrogen-bond acceptors (Lipinski definition) is 3. The van der Waals surface area contributed by atoms with Gasteiger partial charge in [0.2, 0.25) is 0 Å². The van der Waals surface area contributed by atoms with Gasteiger partial charge in [-0.15, -0.1) is 0 Å². The molecule has 0 aliphatic heterocycles. The Morgan fingerprint density at radius 1 is 1.29 bits per heavy atom. The van der Waals surface area contributed by atoms with Crippen LogP contribution in [0.3, 0.4) is 0 Å². The number of para-hydroxylation sites is 1. The Bertz CT molecular complexity index is 793. The largest absolute Gasteiger partial charge is 0.463 e. The van der Waals surface area contributed by atoms with Crippen molar-refractivity contribution >= 4 is 10.9 Å². The first-order chi connectivity index (χ1) is 10.1. The second kappa shape index (κ2) is 5.54. The van der Waals surface area contributed by atoms with E-state index in [1.807, 2.05) is 37.3 Å². The number of nitrogens with one attached hydrogen (secondary N) is 2. The van der Waals surface area contributed by atoms with Crippen molar-refractivity contribution < 1.29 is 9.32 Å². The SMILES string of the molecule is C[C@@H](c1nc2ccccc2c(=O)[nH]1)[NH+](C)Cc1ccco1. The maximum absolute atomic E-state index is 12.1. The van der Waals surface area contributed by atoms with Gasteiger partial charge in [-0.3, -0.25) is 4.79 Å². The molecule has 2 heterocycles. The first kappa shape index (κ1) is 13.6. The molecule has 0 saturated carbocycles. The van der Waals surface area contributed by atoms with Crippen LogP contribution in [0.4, 0.5) is 0 Å². The molecule has 0 aliphatic rings. The fourth-order valence-corrected chi connectivity index (χ4v) is 2.38. The topological polar surface area (TPSA) is 63.3 Å². The summed E-state index contributed by atoms with van der Waals surface area (Å²) in [4.78, 5) is 20.8. The van der Waals surface area contributed by atoms with Crippen molar-refractivity contribution in [2.24, 2.45) is 0 Å². The minimum atomic E-state index is -0.0896. The first-order valence-electron chi connectivity index (χ1n) is 6.99. The lowest BCUT2D eigenvalue weighted by Crippen LogP contribution is -3.07. The zero-order valence-electron chi connectivity index (χ0n) is 12.1. The minimum Gasteiger partial charge on any atom is -0.463 e. The zero-order valence-corrected chi connectivity index (χ0v) is 12.1. The van der Waals surface area contributed by atoms with Crippen LogP contribution in [0.15, 0.2) is 51.9 Å². The molecular weight excluding hydrogens is 266 g/mol. The molecule has 108 valence electrons. The van der Waals surface area contributed by atoms with Crippen molar-refractivity contribution in [1.82, 2.24) is 9.97 Å². The van der Waals surface area contributed by atoms with Crippen LogP contribution in [0, 0.1) is 0 Å². The second-order valence-corrected chi connectivity index (χ2v) is 5.29. The van der Waals surface area contributed by atoms with Crippen LogP contribution in [0.25, 0.3) is 10.9 Å². The van der Waals surface area contributed by atoms with Gasteiger partial charge in [0.1, 0.15) is 12.6 Å². The fraction of sp³-hybridized carbons (Fsp3) is 0.250. The Morgan fingerprint density at radius 2 is 2.10 bits per heavy atom. The number of hydrogen-bond donors (Lipinski definition) is 2. The van der Waals surface area contributed by atoms with E-state index in [4.69, 9.17) is 4.42 Å². The van der Waals surface area contributed by atoms with E-state index >= 15 is 0 Å². The van der Waals surface area contributed by atoms with Crippen LogP contribution in [0.2, 0.25) is 0 Å². The van der Waals surface area contributed by atoms with E-state index in [0.717, 1.165) is 17.8 Å². The van der Waals surface area contributed by atoms with E-state index in [9.17, 15) is 4.79 Å². The van der Waals surface area contributed by atoms with Gasteiger partial charge in [-0.2, -0.15) is 0 Å². The average Bonchev–Trinajstić information content (AvgIpc) is 2.99. The van der Waals surface area contributed by atoms with Crippen molar-refractivity contribution in [1.29, 1.82) is 0 Å². The van der Waals surface area contributed by atoms with Gasteiger partial charge in [0.25, 0.3) is 5.56 Å². The molecule has 21 heavy (non-hydrogen) atoms. The summed E-state index contributed by atoms with van der Waals surface area (Å²) in [5, 5.41) is 0.622. The van der Waals surface area contributed by atoms with Crippen molar-refractivity contribution in [3.05, 3.63) is 64.6 Å². The smallest absolute Gasteiger partial charge is 0.258 e. The molecule has 0 radical (unpaired) electrons. The van der Waals surface area contributed by atoms with Crippen molar-refractivity contribution in [3.8, 4) is 0 Å². The molecule has 0 aliphatic carbocycles. The standard InChI is InChI=1S/C16H17N3O2/c1-11(19(2)10-12-6-5-9-21-12)15-17-14-8-4-3-7-13(14)16(20)18-15/h3-9,11H,10H2,1-2H3,(H,17,18,20)/p+1/t11-/m0/s1. The number of fused-ring (bicyclic) bond motifs is 1. The Kier molecular flexibility index (Phi) is 3.58. The number of quaternary nitrogens is 1. The summed E-state index contributed by atoms with van der Waals surface area (Å²) in [6.07, 6.45) is 1.67. The van der Waals surface area contributed by atoms with Crippen LogP contribution < -0.4 is 10.5 Å². The average molecular weight is 284 g/mol. The number of H-pyrrole nitrogens is 1. The molecular formula is C16H18N3O2+. The molecule has 2 aromatic heterocycles. The summed E-state index contributed by atoms with van der Waals surface area (Å²) in [5.74, 6) is 1.62. The molecule has 0 bridgehead atoms. The molecule has 2 N–H and O–H groups in total. The number of aromatic amines is 1. The highest BCUT2D eigenvalue weighted by atomic mass is 16.3. The first-order valence-corrected chi connectivity index (χ1v) is 6.99. The summed E-state index contributed by atoms with van der Waals surface area (Å²) >= 11 is 0. The summed E-state index contributed by atoms with van der Waals surface area (Å²) < 4.78 is 5.37. The van der Waals surface area contributed by atoms with Crippen molar-refractivity contribution in [3.63, 3.8) is 0 Å². The number of aromatic nitrogens is 2. The van der Waals surface area contributed by atoms with Crippen LogP contribution in [0.5, 0.6) is 0 Å². The summed E-state index contributed by atoms with van der Waals surface area (Å²) in [7, 11) is 2.06. The van der Waals surface area contributed by atoms with E-state index in [0.29, 0.717) is 11.2 Å². The lowest BCUT2D eigenvalue weighted by Gasteiger charge is -2.20. The minimum absolute atomic E-state index is 0.0624. The molecule has 1 unspecified atom stereocenters. The second-order valence-electron chi connectivity index (χ2n) is 5.29. The lowest BCUT2D eigenvalue weighted by atomic mass is 10.2. The van der Waals surface area contributed by atoms with Gasteiger partial charge in [-0.25, -0.2) is 4.98 Å². The quantitative estimate of drug-likeness (QED) is 0.759. The molecule has 0 saturated heterocycles. The summed E-state index contributed by atoms with van der Waals surface area (Å²) in [5.41, 5.74) is 0.641. The molecule has 0 fully saturated rings. The van der Waals surface area contributed by atoms with Crippen LogP contribution >= 0.6 is 0 Å². The Balaban J connectivity index is 1.90. The summed E-state index contributed by atoms with van der Waals surface area (Å²) in [6, 6.07) is 11.3. The van der Waals surface area contributed by atoms with Crippen molar-refractivity contribution in [2.45, 2.75) is 19.5 Å². The van der Waals surface area contributed by atoms with Crippen LogP contribution in [-0.2, 0) is 6.54 Å². The highest BCUT2D eigenvalue weighted by molar-refractivity contribution is 5.77. The van der Waals surface area contributed by atoms with Gasteiger partial charge in [0.05, 0.1) is 24.2 Å². The molecule has 5 heteroatoms. The monoisotopic (exact) mass is 284 g/mol. The Hall–Kier alpha value is -2.40. The zero-order chi connectivity index (χ0) is 14.8. The van der Waals surface area contributed by atoms with E-state index in [1.54, 1.807) is 12.3 Å². The maximum atomic E-state index is 12.1. The van der Waals surface area contributed by atoms with Crippen LogP contribution in [-0.4, -0.2) is 17.0 Å². The molecule has 3 aromatic rings. The number of rotatable bonds is 4. The third-order valence-electron chi connectivity index (χ3n) is 3.81. The van der Waals surface area contributed by atoms with E-state index in [2.05, 4.69) is 17.0 Å². The molecule has 1 aromatic carbocycles. The van der Waals surface area contributed by atoms with Crippen LogP contribution in [0.1, 0.15) is 24.6 Å². The third kappa shape index (κ3) is 2.73. The Labute approximate surface area is 122 Å². The van der Waals surface area contributed by atoms with Gasteiger partial charge < -0.3 is 14.3 Å². The lowest BCUT2D eigenvalue weighted by molar-refractivity contribution is -0.925. The summed E-state index contributed by atoms with van der Waals surface area (Å²) in [6.45, 7) is 2.79. The van der Waals surface area contributed by atoms with E-state index in [1.165, 1.54) is 4.90 Å². The van der Waals surface area contributed by atoms with E-state index in [-0.39, 0.29) is 11.6 Å². The van der Waals surface area contributed by atoms with Gasteiger partial charge in [-0.05, 0) is 31.2 Å². The molecule has 5 nitrogen and oxygen atoms in total. The molecule has 0 amide bonds. The van der Waals surface area contributed by atoms with Gasteiger partial charge >= 0.3 is 0 Å². The predicted octanol–water partition coefficient (Wildman–Crippen LogP) is 1.29. The Morgan fingerprint density at radius 3 is 2.86 bits per heavy atom. The molecule has 3 rings (SSSR count). The number of benzene rings is 1. The highest BCUT2D eigenvalue weighted by Crippen LogP contribution is 2.09. The van der Waals surface area contributed by atoms with Gasteiger partial charge in [0, 0.05) is 0 Å². The van der Waals surface area contributed by atoms with E-state index < -0.39 is 0 Å². The van der Waals surface area contributed by atoms with Gasteiger partial charge in [0.15, 0.2) is 11.6 Å². The number of nitrogens with zero attached hydrogens (tertiary/aromatic N) is 1. The molecule has 0 spiro atoms. The normalized spacial score (nSPS) is 14.2. The maximum Gasteiger partial charge on any atom is 0.258 e. The third-order valence-corrected chi connectivity index (χ3v) is 3.81.